The lowest BCUT2D eigenvalue weighted by molar-refractivity contribution is -0.116. The van der Waals surface area contributed by atoms with Gasteiger partial charge in [0.2, 0.25) is 21.8 Å². The first kappa shape index (κ1) is 21.0. The minimum Gasteiger partial charge on any atom is -0.325 e. The van der Waals surface area contributed by atoms with Gasteiger partial charge in [-0.05, 0) is 37.3 Å². The van der Waals surface area contributed by atoms with E-state index in [1.165, 1.54) is 43.9 Å². The van der Waals surface area contributed by atoms with Crippen molar-refractivity contribution in [2.24, 2.45) is 0 Å². The third-order valence-corrected chi connectivity index (χ3v) is 7.08. The Kier molecular flexibility index (Phi) is 6.06. The summed E-state index contributed by atoms with van der Waals surface area (Å²) in [6, 6.07) is 10.9. The molecule has 0 radical (unpaired) electrons. The average molecular weight is 434 g/mol. The maximum atomic E-state index is 12.8. The normalized spacial score (nSPS) is 13.6. The number of benzene rings is 2. The number of sulfonamides is 1. The fraction of sp³-hybridized carbons (Fsp3) is 0.211. The van der Waals surface area contributed by atoms with E-state index < -0.39 is 22.5 Å². The number of likely N-dealkylation sites (N-methyl/N-ethyl adjacent to an activating group) is 1. The van der Waals surface area contributed by atoms with Crippen LogP contribution in [0.5, 0.6) is 0 Å². The van der Waals surface area contributed by atoms with Gasteiger partial charge in [-0.1, -0.05) is 12.1 Å². The average Bonchev–Trinajstić information content (AvgIpc) is 2.67. The molecule has 10 heteroatoms. The van der Waals surface area contributed by atoms with Crippen molar-refractivity contribution in [2.75, 3.05) is 30.0 Å². The van der Waals surface area contributed by atoms with Crippen molar-refractivity contribution in [1.29, 1.82) is 0 Å². The molecule has 3 rings (SSSR count). The molecule has 0 spiro atoms. The van der Waals surface area contributed by atoms with Crippen molar-refractivity contribution in [3.63, 3.8) is 0 Å². The van der Waals surface area contributed by atoms with E-state index in [1.807, 2.05) is 0 Å². The van der Waals surface area contributed by atoms with Gasteiger partial charge in [-0.25, -0.2) is 8.42 Å². The predicted molar refractivity (Wildman–Crippen MR) is 111 cm³/mol. The number of hydrogen-bond acceptors (Lipinski definition) is 6. The van der Waals surface area contributed by atoms with Crippen LogP contribution < -0.4 is 10.6 Å². The summed E-state index contributed by atoms with van der Waals surface area (Å²) in [5, 5.41) is 5.24. The van der Waals surface area contributed by atoms with Gasteiger partial charge in [0.1, 0.15) is 0 Å². The van der Waals surface area contributed by atoms with Crippen LogP contribution in [-0.2, 0) is 19.6 Å². The zero-order chi connectivity index (χ0) is 21.2. The van der Waals surface area contributed by atoms with Crippen LogP contribution in [0.15, 0.2) is 52.3 Å². The number of hydrogen-bond donors (Lipinski definition) is 2. The zero-order valence-electron chi connectivity index (χ0n) is 15.8. The van der Waals surface area contributed by atoms with Crippen molar-refractivity contribution in [1.82, 2.24) is 4.31 Å². The Balaban J connectivity index is 1.72. The monoisotopic (exact) mass is 433 g/mol. The van der Waals surface area contributed by atoms with E-state index in [-0.39, 0.29) is 22.3 Å². The number of carbonyl (C=O) groups is 3. The summed E-state index contributed by atoms with van der Waals surface area (Å²) in [5.74, 6) is -0.598. The van der Waals surface area contributed by atoms with Gasteiger partial charge >= 0.3 is 0 Å². The molecule has 0 aromatic heterocycles. The van der Waals surface area contributed by atoms with Gasteiger partial charge in [-0.2, -0.15) is 4.31 Å². The number of thioether (sulfide) groups is 1. The molecule has 0 saturated heterocycles. The molecule has 29 heavy (non-hydrogen) atoms. The summed E-state index contributed by atoms with van der Waals surface area (Å²) in [4.78, 5) is 36.0. The molecular formula is C19H19N3O5S2. The minimum atomic E-state index is -3.94. The van der Waals surface area contributed by atoms with Crippen molar-refractivity contribution in [2.45, 2.75) is 16.7 Å². The molecule has 0 bridgehead atoms. The summed E-state index contributed by atoms with van der Waals surface area (Å²) in [7, 11) is -2.64. The van der Waals surface area contributed by atoms with E-state index >= 15 is 0 Å². The van der Waals surface area contributed by atoms with Gasteiger partial charge in [-0.15, -0.1) is 11.8 Å². The molecule has 0 atom stereocenters. The van der Waals surface area contributed by atoms with Gasteiger partial charge in [-0.3, -0.25) is 14.4 Å². The fourth-order valence-electron chi connectivity index (χ4n) is 2.71. The molecule has 8 nitrogen and oxygen atoms in total. The lowest BCUT2D eigenvalue weighted by Crippen LogP contribution is -2.35. The van der Waals surface area contributed by atoms with Crippen LogP contribution in [0, 0.1) is 0 Å². The highest BCUT2D eigenvalue weighted by Crippen LogP contribution is 2.33. The Labute approximate surface area is 172 Å². The molecule has 2 N–H and O–H groups in total. The third-order valence-electron chi connectivity index (χ3n) is 4.21. The summed E-state index contributed by atoms with van der Waals surface area (Å²) in [6.07, 6.45) is 0. The van der Waals surface area contributed by atoms with Gasteiger partial charge in [0.15, 0.2) is 5.78 Å². The van der Waals surface area contributed by atoms with Gasteiger partial charge < -0.3 is 10.6 Å². The maximum Gasteiger partial charge on any atom is 0.243 e. The smallest absolute Gasteiger partial charge is 0.243 e. The number of Topliss-reactive ketones (excluding diaryl/α,β-unsaturated/α-hetero) is 1. The molecule has 1 aliphatic heterocycles. The van der Waals surface area contributed by atoms with Crippen molar-refractivity contribution >= 4 is 50.8 Å². The molecule has 0 unspecified atom stereocenters. The predicted octanol–water partition coefficient (Wildman–Crippen LogP) is 2.19. The first-order valence-electron chi connectivity index (χ1n) is 8.61. The second-order valence-electron chi connectivity index (χ2n) is 6.44. The van der Waals surface area contributed by atoms with E-state index in [0.29, 0.717) is 16.9 Å². The van der Waals surface area contributed by atoms with Crippen LogP contribution in [0.1, 0.15) is 17.3 Å². The van der Waals surface area contributed by atoms with E-state index in [4.69, 9.17) is 0 Å². The molecule has 0 saturated carbocycles. The van der Waals surface area contributed by atoms with Crippen LogP contribution in [0.2, 0.25) is 0 Å². The first-order valence-corrected chi connectivity index (χ1v) is 11.0. The van der Waals surface area contributed by atoms with Gasteiger partial charge in [0, 0.05) is 23.2 Å². The van der Waals surface area contributed by atoms with E-state index in [1.54, 1.807) is 24.3 Å². The number of amides is 2. The highest BCUT2D eigenvalue weighted by atomic mass is 32.2. The lowest BCUT2D eigenvalue weighted by atomic mass is 10.1. The van der Waals surface area contributed by atoms with Gasteiger partial charge in [0.05, 0.1) is 22.9 Å². The molecular weight excluding hydrogens is 414 g/mol. The Hall–Kier alpha value is -2.69. The van der Waals surface area contributed by atoms with Crippen LogP contribution >= 0.6 is 11.8 Å². The Morgan fingerprint density at radius 1 is 1.21 bits per heavy atom. The molecule has 2 amide bonds. The molecule has 0 aliphatic carbocycles. The quantitative estimate of drug-likeness (QED) is 0.676. The number of carbonyl (C=O) groups excluding carboxylic acids is 3. The SMILES string of the molecule is CC(=O)c1cccc(NC(=O)CN(C)S(=O)(=O)c2ccc3c(c2)NC(=O)CS3)c1. The highest BCUT2D eigenvalue weighted by molar-refractivity contribution is 8.00. The Morgan fingerprint density at radius 2 is 1.97 bits per heavy atom. The third kappa shape index (κ3) is 4.84. The number of nitrogens with one attached hydrogen (secondary N) is 2. The molecule has 1 aliphatic rings. The molecule has 2 aromatic rings. The first-order chi connectivity index (χ1) is 13.7. The van der Waals surface area contributed by atoms with Crippen molar-refractivity contribution in [3.8, 4) is 0 Å². The van der Waals surface area contributed by atoms with Gasteiger partial charge in [0.25, 0.3) is 0 Å². The summed E-state index contributed by atoms with van der Waals surface area (Å²) in [6.45, 7) is 1.01. The van der Waals surface area contributed by atoms with Crippen molar-refractivity contribution in [3.05, 3.63) is 48.0 Å². The lowest BCUT2D eigenvalue weighted by Gasteiger charge is -2.20. The standard InChI is InChI=1S/C19H19N3O5S2/c1-12(23)13-4-3-5-14(8-13)20-18(24)10-22(2)29(26,27)15-6-7-17-16(9-15)21-19(25)11-28-17/h3-9H,10-11H2,1-2H3,(H,20,24)(H,21,25). The van der Waals surface area contributed by atoms with Crippen LogP contribution in [0.25, 0.3) is 0 Å². The summed E-state index contributed by atoms with van der Waals surface area (Å²) >= 11 is 1.33. The Morgan fingerprint density at radius 3 is 2.69 bits per heavy atom. The summed E-state index contributed by atoms with van der Waals surface area (Å²) in [5.41, 5.74) is 1.28. The molecule has 0 fully saturated rings. The van der Waals surface area contributed by atoms with Crippen LogP contribution in [0.4, 0.5) is 11.4 Å². The fourth-order valence-corrected chi connectivity index (χ4v) is 4.65. The summed E-state index contributed by atoms with van der Waals surface area (Å²) < 4.78 is 26.6. The molecule has 152 valence electrons. The highest BCUT2D eigenvalue weighted by Gasteiger charge is 2.25. The Bertz CT molecular complexity index is 1100. The molecule has 1 heterocycles. The van der Waals surface area contributed by atoms with Crippen LogP contribution in [0.3, 0.4) is 0 Å². The number of ketones is 1. The van der Waals surface area contributed by atoms with E-state index in [9.17, 15) is 22.8 Å². The second kappa shape index (κ2) is 8.36. The number of nitrogens with zero attached hydrogens (tertiary/aromatic N) is 1. The minimum absolute atomic E-state index is 0.0204. The number of anilines is 2. The number of rotatable bonds is 6. The molecule has 2 aromatic carbocycles. The van der Waals surface area contributed by atoms with Crippen molar-refractivity contribution < 1.29 is 22.8 Å². The van der Waals surface area contributed by atoms with E-state index in [2.05, 4.69) is 10.6 Å². The topological polar surface area (TPSA) is 113 Å². The van der Waals surface area contributed by atoms with E-state index in [0.717, 1.165) is 9.20 Å². The second-order valence-corrected chi connectivity index (χ2v) is 9.50. The zero-order valence-corrected chi connectivity index (χ0v) is 17.4. The number of fused-ring (bicyclic) bond motifs is 1. The van der Waals surface area contributed by atoms with Crippen LogP contribution in [-0.4, -0.2) is 49.7 Å². The largest absolute Gasteiger partial charge is 0.325 e. The maximum absolute atomic E-state index is 12.8.